The van der Waals surface area contributed by atoms with E-state index in [2.05, 4.69) is 43.3 Å². The van der Waals surface area contributed by atoms with E-state index in [0.717, 1.165) is 13.0 Å². The van der Waals surface area contributed by atoms with Crippen LogP contribution in [0.4, 0.5) is 0 Å². The van der Waals surface area contributed by atoms with E-state index in [9.17, 15) is 0 Å². The molecule has 0 fully saturated rings. The van der Waals surface area contributed by atoms with Crippen molar-refractivity contribution in [3.8, 4) is 0 Å². The molecule has 13 heavy (non-hydrogen) atoms. The quantitative estimate of drug-likeness (QED) is 0.677. The van der Waals surface area contributed by atoms with Gasteiger partial charge in [-0.1, -0.05) is 36.9 Å². The third kappa shape index (κ3) is 3.03. The molecule has 0 aliphatic carbocycles. The molecule has 0 amide bonds. The number of rotatable bonds is 4. The van der Waals surface area contributed by atoms with Crippen LogP contribution >= 0.6 is 0 Å². The highest BCUT2D eigenvalue weighted by atomic mass is 15.0. The van der Waals surface area contributed by atoms with E-state index in [1.807, 2.05) is 0 Å². The van der Waals surface area contributed by atoms with Gasteiger partial charge >= 0.3 is 0 Å². The van der Waals surface area contributed by atoms with Crippen LogP contribution in [0, 0.1) is 6.58 Å². The Labute approximate surface area is 80.7 Å². The van der Waals surface area contributed by atoms with Crippen LogP contribution < -0.4 is 0 Å². The zero-order valence-corrected chi connectivity index (χ0v) is 8.33. The van der Waals surface area contributed by atoms with Gasteiger partial charge in [-0.15, -0.1) is 0 Å². The molecule has 0 spiro atoms. The second kappa shape index (κ2) is 4.83. The Kier molecular flexibility index (Phi) is 3.71. The highest BCUT2D eigenvalue weighted by Crippen LogP contribution is 2.11. The molecule has 0 unspecified atom stereocenters. The zero-order chi connectivity index (χ0) is 9.68. The fourth-order valence-corrected chi connectivity index (χ4v) is 1.38. The van der Waals surface area contributed by atoms with E-state index in [1.54, 1.807) is 6.08 Å². The summed E-state index contributed by atoms with van der Waals surface area (Å²) in [5.41, 5.74) is 2.67. The van der Waals surface area contributed by atoms with Gasteiger partial charge < -0.3 is 4.90 Å². The highest BCUT2D eigenvalue weighted by Gasteiger charge is 2.00. The summed E-state index contributed by atoms with van der Waals surface area (Å²) < 4.78 is 0. The molecule has 0 atom stereocenters. The molecule has 1 aromatic rings. The summed E-state index contributed by atoms with van der Waals surface area (Å²) in [6.07, 6.45) is 2.55. The van der Waals surface area contributed by atoms with Crippen molar-refractivity contribution in [2.75, 3.05) is 14.1 Å². The maximum Gasteiger partial charge on any atom is 0.0230 e. The molecular formula is C12H16N. The largest absolute Gasteiger partial charge is 0.305 e. The van der Waals surface area contributed by atoms with Gasteiger partial charge in [0, 0.05) is 6.54 Å². The lowest BCUT2D eigenvalue weighted by Gasteiger charge is -2.12. The first-order valence-corrected chi connectivity index (χ1v) is 4.49. The molecule has 0 aliphatic heterocycles. The van der Waals surface area contributed by atoms with Crippen LogP contribution in [0.25, 0.3) is 0 Å². The Morgan fingerprint density at radius 3 is 2.38 bits per heavy atom. The van der Waals surface area contributed by atoms with Crippen LogP contribution in [0.15, 0.2) is 30.3 Å². The van der Waals surface area contributed by atoms with Crippen LogP contribution in [0.2, 0.25) is 0 Å². The SMILES string of the molecule is [CH]=CCc1ccccc1CN(C)C. The molecule has 69 valence electrons. The average Bonchev–Trinajstić information content (AvgIpc) is 2.08. The van der Waals surface area contributed by atoms with Crippen molar-refractivity contribution >= 4 is 0 Å². The molecule has 1 nitrogen and oxygen atoms in total. The predicted octanol–water partition coefficient (Wildman–Crippen LogP) is 2.28. The Bertz CT molecular complexity index is 276. The molecule has 0 N–H and O–H groups in total. The van der Waals surface area contributed by atoms with E-state index >= 15 is 0 Å². The summed E-state index contributed by atoms with van der Waals surface area (Å²) in [4.78, 5) is 2.16. The summed E-state index contributed by atoms with van der Waals surface area (Å²) in [5.74, 6) is 0. The second-order valence-electron chi connectivity index (χ2n) is 3.45. The minimum Gasteiger partial charge on any atom is -0.305 e. The first kappa shape index (κ1) is 10.0. The number of benzene rings is 1. The third-order valence-electron chi connectivity index (χ3n) is 1.94. The number of hydrogen-bond acceptors (Lipinski definition) is 1. The first-order chi connectivity index (χ1) is 6.24. The van der Waals surface area contributed by atoms with E-state index in [4.69, 9.17) is 6.58 Å². The normalized spacial score (nSPS) is 10.4. The fourth-order valence-electron chi connectivity index (χ4n) is 1.38. The maximum atomic E-state index is 5.42. The van der Waals surface area contributed by atoms with Gasteiger partial charge in [-0.3, -0.25) is 0 Å². The Morgan fingerprint density at radius 1 is 1.23 bits per heavy atom. The van der Waals surface area contributed by atoms with Crippen LogP contribution in [-0.4, -0.2) is 19.0 Å². The molecule has 1 aromatic carbocycles. The zero-order valence-electron chi connectivity index (χ0n) is 8.33. The summed E-state index contributed by atoms with van der Waals surface area (Å²) in [5, 5.41) is 0. The molecule has 0 aromatic heterocycles. The summed E-state index contributed by atoms with van der Waals surface area (Å²) >= 11 is 0. The monoisotopic (exact) mass is 174 g/mol. The Morgan fingerprint density at radius 2 is 1.85 bits per heavy atom. The van der Waals surface area contributed by atoms with E-state index in [0.29, 0.717) is 0 Å². The van der Waals surface area contributed by atoms with Crippen LogP contribution in [0.5, 0.6) is 0 Å². The standard InChI is InChI=1S/C12H16N/c1-4-7-11-8-5-6-9-12(11)10-13(2)3/h1,4-6,8-9H,7,10H2,2-3H3. The van der Waals surface area contributed by atoms with Crippen molar-refractivity contribution in [3.63, 3.8) is 0 Å². The molecular weight excluding hydrogens is 158 g/mol. The molecule has 1 heteroatoms. The highest BCUT2D eigenvalue weighted by molar-refractivity contribution is 5.28. The van der Waals surface area contributed by atoms with Gasteiger partial charge in [-0.2, -0.15) is 0 Å². The third-order valence-corrected chi connectivity index (χ3v) is 1.94. The maximum absolute atomic E-state index is 5.42. The van der Waals surface area contributed by atoms with Crippen molar-refractivity contribution in [1.29, 1.82) is 0 Å². The van der Waals surface area contributed by atoms with Crippen molar-refractivity contribution in [3.05, 3.63) is 48.0 Å². The predicted molar refractivity (Wildman–Crippen MR) is 56.4 cm³/mol. The number of allylic oxidation sites excluding steroid dienone is 1. The lowest BCUT2D eigenvalue weighted by atomic mass is 10.0. The van der Waals surface area contributed by atoms with Gasteiger partial charge in [-0.25, -0.2) is 0 Å². The first-order valence-electron chi connectivity index (χ1n) is 4.49. The smallest absolute Gasteiger partial charge is 0.0230 e. The minimum absolute atomic E-state index is 0.851. The van der Waals surface area contributed by atoms with Crippen molar-refractivity contribution in [1.82, 2.24) is 4.90 Å². The molecule has 1 rings (SSSR count). The van der Waals surface area contributed by atoms with Gasteiger partial charge in [0.05, 0.1) is 0 Å². The molecule has 0 heterocycles. The summed E-state index contributed by atoms with van der Waals surface area (Å²) in [6, 6.07) is 8.40. The molecule has 0 aliphatic rings. The Hall–Kier alpha value is -1.08. The molecule has 0 bridgehead atoms. The molecule has 0 saturated carbocycles. The van der Waals surface area contributed by atoms with Gasteiger partial charge in [0.25, 0.3) is 0 Å². The van der Waals surface area contributed by atoms with Gasteiger partial charge in [0.2, 0.25) is 0 Å². The van der Waals surface area contributed by atoms with Gasteiger partial charge in [-0.05, 0) is 31.6 Å². The summed E-state index contributed by atoms with van der Waals surface area (Å²) in [7, 11) is 4.14. The van der Waals surface area contributed by atoms with Crippen molar-refractivity contribution in [2.24, 2.45) is 0 Å². The van der Waals surface area contributed by atoms with Gasteiger partial charge in [0.1, 0.15) is 0 Å². The van der Waals surface area contributed by atoms with Crippen molar-refractivity contribution < 1.29 is 0 Å². The lowest BCUT2D eigenvalue weighted by Crippen LogP contribution is -2.12. The van der Waals surface area contributed by atoms with Crippen LogP contribution in [-0.2, 0) is 13.0 Å². The lowest BCUT2D eigenvalue weighted by molar-refractivity contribution is 0.401. The summed E-state index contributed by atoms with van der Waals surface area (Å²) in [6.45, 7) is 6.40. The van der Waals surface area contributed by atoms with E-state index < -0.39 is 0 Å². The average molecular weight is 174 g/mol. The number of nitrogens with zero attached hydrogens (tertiary/aromatic N) is 1. The second-order valence-corrected chi connectivity index (χ2v) is 3.45. The number of hydrogen-bond donors (Lipinski definition) is 0. The van der Waals surface area contributed by atoms with Crippen molar-refractivity contribution in [2.45, 2.75) is 13.0 Å². The van der Waals surface area contributed by atoms with Gasteiger partial charge in [0.15, 0.2) is 0 Å². The van der Waals surface area contributed by atoms with E-state index in [1.165, 1.54) is 11.1 Å². The Balaban J connectivity index is 2.83. The fraction of sp³-hybridized carbons (Fsp3) is 0.333. The molecule has 0 saturated heterocycles. The molecule has 1 radical (unpaired) electrons. The topological polar surface area (TPSA) is 3.24 Å². The van der Waals surface area contributed by atoms with Crippen LogP contribution in [0.3, 0.4) is 0 Å². The van der Waals surface area contributed by atoms with Crippen LogP contribution in [0.1, 0.15) is 11.1 Å². The van der Waals surface area contributed by atoms with E-state index in [-0.39, 0.29) is 0 Å². The minimum atomic E-state index is 0.851.